The van der Waals surface area contributed by atoms with E-state index in [0.29, 0.717) is 12.2 Å². The van der Waals surface area contributed by atoms with Gasteiger partial charge in [-0.05, 0) is 58.4 Å². The van der Waals surface area contributed by atoms with Crippen LogP contribution in [-0.4, -0.2) is 48.0 Å². The monoisotopic (exact) mass is 363 g/mol. The molecule has 1 aliphatic heterocycles. The third-order valence-corrected chi connectivity index (χ3v) is 4.46. The lowest BCUT2D eigenvalue weighted by Gasteiger charge is -2.23. The molecule has 2 N–H and O–H groups in total. The Bertz CT molecular complexity index is 646. The summed E-state index contributed by atoms with van der Waals surface area (Å²) in [5, 5.41) is 5.23. The fourth-order valence-electron chi connectivity index (χ4n) is 3.06. The van der Waals surface area contributed by atoms with Crippen molar-refractivity contribution in [2.75, 3.05) is 13.6 Å². The molecule has 7 nitrogen and oxygen atoms in total. The molecule has 3 amide bonds. The molecule has 26 heavy (non-hydrogen) atoms. The van der Waals surface area contributed by atoms with Crippen LogP contribution in [0.1, 0.15) is 47.0 Å². The number of likely N-dealkylation sites (N-methyl/N-ethyl adjacent to an activating group) is 1. The average Bonchev–Trinajstić information content (AvgIpc) is 2.65. The molecular weight excluding hydrogens is 334 g/mol. The topological polar surface area (TPSA) is 87.7 Å². The molecule has 2 atom stereocenters. The fourth-order valence-corrected chi connectivity index (χ4v) is 3.06. The molecule has 0 radical (unpaired) electrons. The molecule has 0 saturated heterocycles. The Kier molecular flexibility index (Phi) is 6.10. The molecule has 0 fully saturated rings. The quantitative estimate of drug-likeness (QED) is 0.804. The number of hydrogen-bond donors (Lipinski definition) is 2. The summed E-state index contributed by atoms with van der Waals surface area (Å²) in [6.07, 6.45) is 6.12. The summed E-state index contributed by atoms with van der Waals surface area (Å²) in [5.41, 5.74) is 0.544. The zero-order chi connectivity index (χ0) is 19.5. The van der Waals surface area contributed by atoms with Gasteiger partial charge < -0.3 is 20.3 Å². The minimum atomic E-state index is -0.828. The molecule has 1 heterocycles. The molecule has 144 valence electrons. The number of amides is 3. The van der Waals surface area contributed by atoms with Crippen molar-refractivity contribution < 1.29 is 19.1 Å². The van der Waals surface area contributed by atoms with Crippen LogP contribution >= 0.6 is 0 Å². The minimum Gasteiger partial charge on any atom is -0.444 e. The van der Waals surface area contributed by atoms with E-state index in [0.717, 1.165) is 24.8 Å². The Labute approximate surface area is 154 Å². The summed E-state index contributed by atoms with van der Waals surface area (Å²) >= 11 is 0. The van der Waals surface area contributed by atoms with Crippen LogP contribution in [-0.2, 0) is 14.3 Å². The number of alkyl carbamates (subject to hydrolysis) is 1. The van der Waals surface area contributed by atoms with E-state index < -0.39 is 23.6 Å². The maximum atomic E-state index is 12.7. The largest absolute Gasteiger partial charge is 0.444 e. The third-order valence-electron chi connectivity index (χ3n) is 4.46. The molecule has 1 unspecified atom stereocenters. The molecule has 7 heteroatoms. The van der Waals surface area contributed by atoms with Crippen molar-refractivity contribution >= 4 is 17.9 Å². The van der Waals surface area contributed by atoms with Crippen LogP contribution in [0.3, 0.4) is 0 Å². The summed E-state index contributed by atoms with van der Waals surface area (Å²) < 4.78 is 5.16. The van der Waals surface area contributed by atoms with Crippen molar-refractivity contribution in [3.8, 4) is 0 Å². The summed E-state index contributed by atoms with van der Waals surface area (Å²) in [7, 11) is 1.73. The summed E-state index contributed by atoms with van der Waals surface area (Å²) in [6, 6.07) is -0.828. The molecule has 0 spiro atoms. The zero-order valence-electron chi connectivity index (χ0n) is 16.2. The van der Waals surface area contributed by atoms with Crippen molar-refractivity contribution in [1.82, 2.24) is 15.5 Å². The van der Waals surface area contributed by atoms with Crippen LogP contribution < -0.4 is 10.6 Å². The first-order valence-electron chi connectivity index (χ1n) is 9.05. The van der Waals surface area contributed by atoms with Gasteiger partial charge in [0.1, 0.15) is 17.3 Å². The van der Waals surface area contributed by atoms with Gasteiger partial charge in [-0.2, -0.15) is 0 Å². The van der Waals surface area contributed by atoms with Gasteiger partial charge in [0, 0.05) is 13.6 Å². The van der Waals surface area contributed by atoms with Gasteiger partial charge in [-0.3, -0.25) is 9.59 Å². The smallest absolute Gasteiger partial charge is 0.408 e. The number of carbonyl (C=O) groups excluding carboxylic acids is 3. The maximum Gasteiger partial charge on any atom is 0.408 e. The normalized spacial score (nSPS) is 21.7. The van der Waals surface area contributed by atoms with Gasteiger partial charge in [0.25, 0.3) is 5.91 Å². The highest BCUT2D eigenvalue weighted by Crippen LogP contribution is 2.31. The van der Waals surface area contributed by atoms with Crippen molar-refractivity contribution in [2.45, 2.75) is 58.6 Å². The average molecular weight is 363 g/mol. The van der Waals surface area contributed by atoms with Crippen LogP contribution in [0.15, 0.2) is 23.4 Å². The first-order valence-corrected chi connectivity index (χ1v) is 9.05. The zero-order valence-corrected chi connectivity index (χ0v) is 16.2. The van der Waals surface area contributed by atoms with Crippen LogP contribution in [0.5, 0.6) is 0 Å². The Hall–Kier alpha value is -2.31. The molecule has 0 aromatic rings. The predicted molar refractivity (Wildman–Crippen MR) is 98.1 cm³/mol. The van der Waals surface area contributed by atoms with Gasteiger partial charge >= 0.3 is 6.09 Å². The molecule has 0 saturated carbocycles. The van der Waals surface area contributed by atoms with E-state index in [-0.39, 0.29) is 11.8 Å². The Morgan fingerprint density at radius 1 is 1.31 bits per heavy atom. The van der Waals surface area contributed by atoms with E-state index in [2.05, 4.69) is 10.6 Å². The first kappa shape index (κ1) is 20.0. The molecule has 0 aromatic heterocycles. The Morgan fingerprint density at radius 2 is 2.00 bits per heavy atom. The second-order valence-corrected chi connectivity index (χ2v) is 7.88. The standard InChI is InChI=1S/C19H29N3O4/c1-12(20-18(25)26-19(2,3)4)16(23)21-15-14-9-7-6-8-13(14)10-11-22(5)17(15)24/h7,9,12-13H,6,8,10-11H2,1-5H3,(H,20,25)(H,21,23)/t12-,13?/m0/s1. The Morgan fingerprint density at radius 3 is 2.65 bits per heavy atom. The number of carbonyl (C=O) groups is 3. The number of nitrogens with zero attached hydrogens (tertiary/aromatic N) is 1. The molecular formula is C19H29N3O4. The number of hydrogen-bond acceptors (Lipinski definition) is 4. The summed E-state index contributed by atoms with van der Waals surface area (Å²) in [6.45, 7) is 7.47. The van der Waals surface area contributed by atoms with E-state index in [9.17, 15) is 14.4 Å². The highest BCUT2D eigenvalue weighted by atomic mass is 16.6. The second kappa shape index (κ2) is 7.93. The van der Waals surface area contributed by atoms with Crippen LogP contribution in [0.2, 0.25) is 0 Å². The predicted octanol–water partition coefficient (Wildman–Crippen LogP) is 2.10. The highest BCUT2D eigenvalue weighted by Gasteiger charge is 2.31. The Balaban J connectivity index is 2.13. The van der Waals surface area contributed by atoms with Crippen molar-refractivity contribution in [2.24, 2.45) is 5.92 Å². The molecule has 2 aliphatic rings. The number of allylic oxidation sites excluding steroid dienone is 3. The van der Waals surface area contributed by atoms with Gasteiger partial charge in [-0.15, -0.1) is 0 Å². The van der Waals surface area contributed by atoms with E-state index in [1.165, 1.54) is 0 Å². The SMILES string of the molecule is C[C@H](NC(=O)OC(C)(C)C)C(=O)NC1=C2C=CCCC2CCN(C)C1=O. The third kappa shape index (κ3) is 5.09. The van der Waals surface area contributed by atoms with Crippen LogP contribution in [0.4, 0.5) is 4.79 Å². The lowest BCUT2D eigenvalue weighted by atomic mass is 9.86. The van der Waals surface area contributed by atoms with E-state index in [1.807, 2.05) is 12.2 Å². The number of ether oxygens (including phenoxy) is 1. The number of fused-ring (bicyclic) bond motifs is 1. The molecule has 0 aromatic carbocycles. The highest BCUT2D eigenvalue weighted by molar-refractivity contribution is 6.00. The maximum absolute atomic E-state index is 12.7. The van der Waals surface area contributed by atoms with Crippen molar-refractivity contribution in [3.05, 3.63) is 23.4 Å². The molecule has 2 rings (SSSR count). The lowest BCUT2D eigenvalue weighted by Crippen LogP contribution is -2.48. The van der Waals surface area contributed by atoms with Crippen molar-refractivity contribution in [1.29, 1.82) is 0 Å². The number of rotatable bonds is 3. The number of nitrogens with one attached hydrogen (secondary N) is 2. The van der Waals surface area contributed by atoms with Gasteiger partial charge in [-0.25, -0.2) is 4.79 Å². The summed E-state index contributed by atoms with van der Waals surface area (Å²) in [4.78, 5) is 38.7. The summed E-state index contributed by atoms with van der Waals surface area (Å²) in [5.74, 6) is -0.384. The van der Waals surface area contributed by atoms with Gasteiger partial charge in [0.15, 0.2) is 0 Å². The van der Waals surface area contributed by atoms with Crippen LogP contribution in [0, 0.1) is 5.92 Å². The van der Waals surface area contributed by atoms with Gasteiger partial charge in [0.05, 0.1) is 0 Å². The molecule has 0 bridgehead atoms. The van der Waals surface area contributed by atoms with E-state index in [4.69, 9.17) is 4.74 Å². The molecule has 1 aliphatic carbocycles. The van der Waals surface area contributed by atoms with E-state index >= 15 is 0 Å². The lowest BCUT2D eigenvalue weighted by molar-refractivity contribution is -0.129. The van der Waals surface area contributed by atoms with Crippen LogP contribution in [0.25, 0.3) is 0 Å². The van der Waals surface area contributed by atoms with Crippen molar-refractivity contribution in [3.63, 3.8) is 0 Å². The minimum absolute atomic E-state index is 0.202. The van der Waals surface area contributed by atoms with E-state index in [1.54, 1.807) is 39.6 Å². The van der Waals surface area contributed by atoms with Gasteiger partial charge in [-0.1, -0.05) is 12.2 Å². The first-order chi connectivity index (χ1) is 12.1. The van der Waals surface area contributed by atoms with Gasteiger partial charge in [0.2, 0.25) is 5.91 Å². The second-order valence-electron chi connectivity index (χ2n) is 7.88. The fraction of sp³-hybridized carbons (Fsp3) is 0.632.